The van der Waals surface area contributed by atoms with Crippen molar-refractivity contribution in [2.45, 2.75) is 18.2 Å². The van der Waals surface area contributed by atoms with Crippen molar-refractivity contribution in [1.82, 2.24) is 14.1 Å². The third-order valence-electron chi connectivity index (χ3n) is 3.81. The fourth-order valence-corrected chi connectivity index (χ4v) is 3.14. The summed E-state index contributed by atoms with van der Waals surface area (Å²) in [7, 11) is 0. The van der Waals surface area contributed by atoms with Crippen LogP contribution in [0.2, 0.25) is 5.02 Å². The van der Waals surface area contributed by atoms with Crippen LogP contribution >= 0.6 is 23.4 Å². The van der Waals surface area contributed by atoms with Gasteiger partial charge in [0.05, 0.1) is 13.1 Å². The number of hydrogen-bond acceptors (Lipinski definition) is 4. The normalized spacial score (nSPS) is 10.9. The van der Waals surface area contributed by atoms with Crippen LogP contribution in [0.4, 0.5) is 4.39 Å². The Morgan fingerprint density at radius 3 is 2.08 bits per heavy atom. The lowest BCUT2D eigenvalue weighted by atomic mass is 10.2. The zero-order chi connectivity index (χ0) is 18.7. The molecule has 26 heavy (non-hydrogen) atoms. The molecule has 1 aromatic heterocycles. The molecule has 0 aliphatic heterocycles. The van der Waals surface area contributed by atoms with Gasteiger partial charge in [0.2, 0.25) is 0 Å². The van der Waals surface area contributed by atoms with Gasteiger partial charge in [-0.1, -0.05) is 47.6 Å². The van der Waals surface area contributed by atoms with Crippen LogP contribution < -0.4 is 11.4 Å². The first kappa shape index (κ1) is 18.4. The topological polar surface area (TPSA) is 56.9 Å². The molecule has 0 atom stereocenters. The van der Waals surface area contributed by atoms with Crippen molar-refractivity contribution < 1.29 is 4.39 Å². The third-order valence-corrected chi connectivity index (χ3v) is 4.73. The van der Waals surface area contributed by atoms with E-state index in [-0.39, 0.29) is 18.9 Å². The first-order chi connectivity index (χ1) is 12.5. The Kier molecular flexibility index (Phi) is 5.58. The number of benzene rings is 2. The van der Waals surface area contributed by atoms with Gasteiger partial charge in [0.15, 0.2) is 5.16 Å². The first-order valence-corrected chi connectivity index (χ1v) is 9.33. The first-order valence-electron chi connectivity index (χ1n) is 7.72. The minimum Gasteiger partial charge on any atom is -0.268 e. The third kappa shape index (κ3) is 4.05. The largest absolute Gasteiger partial charge is 0.354 e. The lowest BCUT2D eigenvalue weighted by Gasteiger charge is -2.13. The molecular formula is C18H15ClFN3O2S. The van der Waals surface area contributed by atoms with Crippen molar-refractivity contribution in [2.24, 2.45) is 0 Å². The molecule has 0 saturated carbocycles. The molecule has 0 radical (unpaired) electrons. The standard InChI is InChI=1S/C18H15ClFN3O2S/c1-26-17-21-16(24)22(10-13-4-8-15(20)9-5-13)18(25)23(17)11-12-2-6-14(19)7-3-12/h2-9H,10-11H2,1H3. The van der Waals surface area contributed by atoms with E-state index in [9.17, 15) is 14.0 Å². The Morgan fingerprint density at radius 1 is 0.962 bits per heavy atom. The van der Waals surface area contributed by atoms with Crippen molar-refractivity contribution in [3.05, 3.63) is 91.5 Å². The molecule has 8 heteroatoms. The molecule has 0 fully saturated rings. The van der Waals surface area contributed by atoms with Crippen LogP contribution in [0.1, 0.15) is 11.1 Å². The van der Waals surface area contributed by atoms with E-state index in [1.54, 1.807) is 18.4 Å². The van der Waals surface area contributed by atoms with Crippen molar-refractivity contribution in [3.8, 4) is 0 Å². The van der Waals surface area contributed by atoms with Gasteiger partial charge in [-0.25, -0.2) is 18.5 Å². The van der Waals surface area contributed by atoms with Crippen molar-refractivity contribution >= 4 is 23.4 Å². The second-order valence-corrected chi connectivity index (χ2v) is 6.80. The maximum atomic E-state index is 13.1. The maximum Gasteiger partial charge on any atom is 0.354 e. The van der Waals surface area contributed by atoms with E-state index in [4.69, 9.17) is 11.6 Å². The minimum atomic E-state index is -0.629. The van der Waals surface area contributed by atoms with Crippen LogP contribution in [0.25, 0.3) is 0 Å². The molecule has 2 aromatic carbocycles. The van der Waals surface area contributed by atoms with E-state index >= 15 is 0 Å². The van der Waals surface area contributed by atoms with E-state index < -0.39 is 11.4 Å². The molecule has 3 rings (SSSR count). The molecule has 0 aliphatic carbocycles. The van der Waals surface area contributed by atoms with Gasteiger partial charge in [-0.3, -0.25) is 4.57 Å². The Morgan fingerprint density at radius 2 is 1.50 bits per heavy atom. The molecule has 0 unspecified atom stereocenters. The highest BCUT2D eigenvalue weighted by atomic mass is 35.5. The molecule has 5 nitrogen and oxygen atoms in total. The van der Waals surface area contributed by atoms with Crippen molar-refractivity contribution in [2.75, 3.05) is 6.26 Å². The number of thioether (sulfide) groups is 1. The Bertz CT molecular complexity index is 1030. The summed E-state index contributed by atoms with van der Waals surface area (Å²) in [4.78, 5) is 29.2. The average Bonchev–Trinajstić information content (AvgIpc) is 2.64. The molecule has 134 valence electrons. The second-order valence-electron chi connectivity index (χ2n) is 5.59. The second kappa shape index (κ2) is 7.88. The van der Waals surface area contributed by atoms with E-state index in [2.05, 4.69) is 4.98 Å². The zero-order valence-electron chi connectivity index (χ0n) is 13.9. The fourth-order valence-electron chi connectivity index (χ4n) is 2.48. The van der Waals surface area contributed by atoms with Gasteiger partial charge in [0, 0.05) is 5.02 Å². The lowest BCUT2D eigenvalue weighted by Crippen LogP contribution is -2.42. The van der Waals surface area contributed by atoms with Crippen LogP contribution in [0.15, 0.2) is 63.3 Å². The van der Waals surface area contributed by atoms with Gasteiger partial charge in [0.1, 0.15) is 5.82 Å². The SMILES string of the molecule is CSc1nc(=O)n(Cc2ccc(F)cc2)c(=O)n1Cc1ccc(Cl)cc1. The van der Waals surface area contributed by atoms with E-state index in [1.807, 2.05) is 12.1 Å². The average molecular weight is 392 g/mol. The van der Waals surface area contributed by atoms with Crippen LogP contribution in [0, 0.1) is 5.82 Å². The summed E-state index contributed by atoms with van der Waals surface area (Å²) >= 11 is 7.12. The highest BCUT2D eigenvalue weighted by Crippen LogP contribution is 2.13. The Hall–Kier alpha value is -2.38. The lowest BCUT2D eigenvalue weighted by molar-refractivity contribution is 0.526. The molecule has 0 saturated heterocycles. The molecule has 0 N–H and O–H groups in total. The minimum absolute atomic E-state index is 0.0280. The van der Waals surface area contributed by atoms with Crippen LogP contribution in [-0.2, 0) is 13.1 Å². The van der Waals surface area contributed by atoms with Gasteiger partial charge in [0.25, 0.3) is 0 Å². The quantitative estimate of drug-likeness (QED) is 0.627. The molecule has 0 spiro atoms. The van der Waals surface area contributed by atoms with E-state index in [0.29, 0.717) is 15.7 Å². The van der Waals surface area contributed by atoms with E-state index in [1.165, 1.54) is 40.6 Å². The smallest absolute Gasteiger partial charge is 0.268 e. The summed E-state index contributed by atoms with van der Waals surface area (Å²) in [6.07, 6.45) is 1.75. The van der Waals surface area contributed by atoms with Crippen LogP contribution in [0.3, 0.4) is 0 Å². The van der Waals surface area contributed by atoms with Gasteiger partial charge >= 0.3 is 11.4 Å². The van der Waals surface area contributed by atoms with Gasteiger partial charge in [-0.2, -0.15) is 4.98 Å². The van der Waals surface area contributed by atoms with Crippen molar-refractivity contribution in [3.63, 3.8) is 0 Å². The predicted octanol–water partition coefficient (Wildman–Crippen LogP) is 3.02. The van der Waals surface area contributed by atoms with Gasteiger partial charge in [-0.05, 0) is 41.6 Å². The molecule has 3 aromatic rings. The van der Waals surface area contributed by atoms with Crippen LogP contribution in [-0.4, -0.2) is 20.4 Å². The fraction of sp³-hybridized carbons (Fsp3) is 0.167. The number of nitrogens with zero attached hydrogens (tertiary/aromatic N) is 3. The Labute approximate surface area is 158 Å². The molecule has 0 aliphatic rings. The summed E-state index contributed by atoms with van der Waals surface area (Å²) in [5.41, 5.74) is 0.410. The predicted molar refractivity (Wildman–Crippen MR) is 101 cm³/mol. The number of hydrogen-bond donors (Lipinski definition) is 0. The highest BCUT2D eigenvalue weighted by Gasteiger charge is 2.13. The van der Waals surface area contributed by atoms with Gasteiger partial charge < -0.3 is 0 Å². The molecule has 0 bridgehead atoms. The summed E-state index contributed by atoms with van der Waals surface area (Å²) in [5.74, 6) is -0.378. The molecular weight excluding hydrogens is 377 g/mol. The number of rotatable bonds is 5. The summed E-state index contributed by atoms with van der Waals surface area (Å²) in [5, 5.41) is 0.941. The molecule has 0 amide bonds. The number of halogens is 2. The zero-order valence-corrected chi connectivity index (χ0v) is 15.4. The van der Waals surface area contributed by atoms with Crippen LogP contribution in [0.5, 0.6) is 0 Å². The monoisotopic (exact) mass is 391 g/mol. The summed E-state index contributed by atoms with van der Waals surface area (Å²) in [6, 6.07) is 12.8. The summed E-state index contributed by atoms with van der Waals surface area (Å²) in [6.45, 7) is 0.295. The highest BCUT2D eigenvalue weighted by molar-refractivity contribution is 7.98. The number of aromatic nitrogens is 3. The maximum absolute atomic E-state index is 13.1. The van der Waals surface area contributed by atoms with Gasteiger partial charge in [-0.15, -0.1) is 0 Å². The molecule has 1 heterocycles. The summed E-state index contributed by atoms with van der Waals surface area (Å²) < 4.78 is 15.5. The van der Waals surface area contributed by atoms with Crippen molar-refractivity contribution in [1.29, 1.82) is 0 Å². The Balaban J connectivity index is 2.03. The van der Waals surface area contributed by atoms with E-state index in [0.717, 1.165) is 10.1 Å².